The fourth-order valence-corrected chi connectivity index (χ4v) is 2.54. The van der Waals surface area contributed by atoms with Gasteiger partial charge in [0.15, 0.2) is 0 Å². The summed E-state index contributed by atoms with van der Waals surface area (Å²) in [5.74, 6) is -0.0769. The Hall–Kier alpha value is -0.830. The van der Waals surface area contributed by atoms with Crippen LogP contribution in [0.1, 0.15) is 63.9 Å². The van der Waals surface area contributed by atoms with E-state index in [2.05, 4.69) is 22.9 Å². The number of ether oxygens (including phenoxy) is 1. The average molecular weight is 355 g/mol. The lowest BCUT2D eigenvalue weighted by atomic mass is 10.1. The molecule has 0 spiro atoms. The minimum Gasteiger partial charge on any atom is -0.461 e. The first kappa shape index (κ1) is 18.2. The Morgan fingerprint density at radius 1 is 1.05 bits per heavy atom. The quantitative estimate of drug-likeness (QED) is 0.292. The van der Waals surface area contributed by atoms with Crippen LogP contribution in [0.5, 0.6) is 0 Å². The summed E-state index contributed by atoms with van der Waals surface area (Å²) in [5.41, 5.74) is 1.05. The molecule has 0 saturated heterocycles. The summed E-state index contributed by atoms with van der Waals surface area (Å²) >= 11 is 3.56. The second-order valence-electron chi connectivity index (χ2n) is 5.59. The van der Waals surface area contributed by atoms with Gasteiger partial charge in [-0.3, -0.25) is 4.79 Å². The molecule has 3 heteroatoms. The monoisotopic (exact) mass is 354 g/mol. The number of rotatable bonds is 11. The molecule has 0 aliphatic rings. The summed E-state index contributed by atoms with van der Waals surface area (Å²) in [5, 5.41) is 0. The van der Waals surface area contributed by atoms with Gasteiger partial charge in [-0.2, -0.15) is 0 Å². The maximum Gasteiger partial charge on any atom is 0.306 e. The molecule has 2 nitrogen and oxygen atoms in total. The lowest BCUT2D eigenvalue weighted by molar-refractivity contribution is -0.145. The van der Waals surface area contributed by atoms with Gasteiger partial charge in [-0.1, -0.05) is 85.3 Å². The summed E-state index contributed by atoms with van der Waals surface area (Å²) < 4.78 is 5.26. The summed E-state index contributed by atoms with van der Waals surface area (Å²) in [4.78, 5) is 12.2. The number of unbranched alkanes of at least 4 members (excludes halogenated alkanes) is 5. The molecule has 0 aromatic heterocycles. The molecule has 0 bridgehead atoms. The van der Waals surface area contributed by atoms with Gasteiger partial charge in [0.1, 0.15) is 6.61 Å². The molecule has 0 aliphatic heterocycles. The number of carbonyl (C=O) groups excluding carboxylic acids is 1. The van der Waals surface area contributed by atoms with Gasteiger partial charge >= 0.3 is 5.97 Å². The van der Waals surface area contributed by atoms with Gasteiger partial charge in [-0.15, -0.1) is 0 Å². The first-order chi connectivity index (χ1) is 10.2. The van der Waals surface area contributed by atoms with E-state index in [0.717, 1.165) is 18.4 Å². The van der Waals surface area contributed by atoms with E-state index in [-0.39, 0.29) is 5.97 Å². The highest BCUT2D eigenvalue weighted by atomic mass is 79.9. The van der Waals surface area contributed by atoms with Crippen molar-refractivity contribution in [2.24, 2.45) is 0 Å². The van der Waals surface area contributed by atoms with E-state index >= 15 is 0 Å². The fraction of sp³-hybridized carbons (Fsp3) is 0.611. The Labute approximate surface area is 137 Å². The van der Waals surface area contributed by atoms with Crippen LogP contribution in [-0.4, -0.2) is 10.8 Å². The van der Waals surface area contributed by atoms with Crippen LogP contribution in [0, 0.1) is 0 Å². The van der Waals surface area contributed by atoms with Crippen molar-refractivity contribution in [1.82, 2.24) is 0 Å². The fourth-order valence-electron chi connectivity index (χ4n) is 2.21. The van der Waals surface area contributed by atoms with Crippen LogP contribution in [0.15, 0.2) is 30.3 Å². The number of hydrogen-bond acceptors (Lipinski definition) is 2. The number of halogens is 1. The molecule has 1 unspecified atom stereocenters. The second kappa shape index (κ2) is 11.8. The van der Waals surface area contributed by atoms with E-state index in [1.54, 1.807) is 0 Å². The molecule has 1 atom stereocenters. The highest BCUT2D eigenvalue weighted by molar-refractivity contribution is 9.09. The molecule has 0 fully saturated rings. The highest BCUT2D eigenvalue weighted by Crippen LogP contribution is 2.13. The highest BCUT2D eigenvalue weighted by Gasteiger charge is 2.03. The lowest BCUT2D eigenvalue weighted by Crippen LogP contribution is -2.04. The largest absolute Gasteiger partial charge is 0.461 e. The van der Waals surface area contributed by atoms with Crippen LogP contribution < -0.4 is 0 Å². The first-order valence-electron chi connectivity index (χ1n) is 8.02. The van der Waals surface area contributed by atoms with E-state index in [1.807, 2.05) is 30.3 Å². The van der Waals surface area contributed by atoms with Gasteiger partial charge in [-0.25, -0.2) is 0 Å². The van der Waals surface area contributed by atoms with Crippen LogP contribution in [-0.2, 0) is 16.1 Å². The molecule has 0 N–H and O–H groups in total. The van der Waals surface area contributed by atoms with E-state index in [1.165, 1.54) is 32.1 Å². The summed E-state index contributed by atoms with van der Waals surface area (Å²) in [7, 11) is 0. The summed E-state index contributed by atoms with van der Waals surface area (Å²) in [6.45, 7) is 2.59. The van der Waals surface area contributed by atoms with Gasteiger partial charge in [0, 0.05) is 11.2 Å². The first-order valence-corrected chi connectivity index (χ1v) is 8.93. The Bertz CT molecular complexity index is 376. The van der Waals surface area contributed by atoms with Crippen LogP contribution in [0.4, 0.5) is 0 Å². The van der Waals surface area contributed by atoms with E-state index in [4.69, 9.17) is 4.74 Å². The zero-order valence-electron chi connectivity index (χ0n) is 13.0. The van der Waals surface area contributed by atoms with Gasteiger partial charge in [0.2, 0.25) is 0 Å². The van der Waals surface area contributed by atoms with Crippen LogP contribution in [0.2, 0.25) is 0 Å². The maximum atomic E-state index is 11.6. The molecule has 0 heterocycles. The molecule has 0 radical (unpaired) electrons. The van der Waals surface area contributed by atoms with Crippen molar-refractivity contribution in [2.75, 3.05) is 0 Å². The molecule has 118 valence electrons. The number of hydrogen-bond donors (Lipinski definition) is 0. The standard InChI is InChI=1S/C18H27BrO2/c1-16(19)11-7-4-2-3-5-10-14-18(20)21-15-17-12-8-6-9-13-17/h6,8-9,12-13,16H,2-5,7,10-11,14-15H2,1H3. The SMILES string of the molecule is CC(Br)CCCCCCCCC(=O)OCc1ccccc1. The van der Waals surface area contributed by atoms with E-state index < -0.39 is 0 Å². The van der Waals surface area contributed by atoms with E-state index in [0.29, 0.717) is 17.9 Å². The third-order valence-electron chi connectivity index (χ3n) is 3.48. The molecule has 0 amide bonds. The lowest BCUT2D eigenvalue weighted by Gasteiger charge is -2.05. The Morgan fingerprint density at radius 3 is 2.33 bits per heavy atom. The molecular formula is C18H27BrO2. The zero-order valence-corrected chi connectivity index (χ0v) is 14.6. The van der Waals surface area contributed by atoms with Gasteiger partial charge in [0.25, 0.3) is 0 Å². The smallest absolute Gasteiger partial charge is 0.306 e. The zero-order chi connectivity index (χ0) is 15.3. The van der Waals surface area contributed by atoms with Crippen molar-refractivity contribution in [3.63, 3.8) is 0 Å². The van der Waals surface area contributed by atoms with Gasteiger partial charge < -0.3 is 4.74 Å². The van der Waals surface area contributed by atoms with E-state index in [9.17, 15) is 4.79 Å². The maximum absolute atomic E-state index is 11.6. The third kappa shape index (κ3) is 10.5. The Balaban J connectivity index is 1.92. The summed E-state index contributed by atoms with van der Waals surface area (Å²) in [6, 6.07) is 9.82. The average Bonchev–Trinajstić information content (AvgIpc) is 2.48. The molecule has 0 saturated carbocycles. The number of carbonyl (C=O) groups is 1. The van der Waals surface area contributed by atoms with Crippen molar-refractivity contribution in [3.05, 3.63) is 35.9 Å². The predicted molar refractivity (Wildman–Crippen MR) is 91.6 cm³/mol. The van der Waals surface area contributed by atoms with Gasteiger partial charge in [0.05, 0.1) is 0 Å². The number of benzene rings is 1. The van der Waals surface area contributed by atoms with Crippen LogP contribution >= 0.6 is 15.9 Å². The minimum atomic E-state index is -0.0769. The molecule has 0 aliphatic carbocycles. The van der Waals surface area contributed by atoms with Crippen molar-refractivity contribution < 1.29 is 9.53 Å². The minimum absolute atomic E-state index is 0.0769. The normalized spacial score (nSPS) is 12.1. The molecule has 1 aromatic carbocycles. The topological polar surface area (TPSA) is 26.3 Å². The Morgan fingerprint density at radius 2 is 1.67 bits per heavy atom. The van der Waals surface area contributed by atoms with Gasteiger partial charge in [-0.05, 0) is 18.4 Å². The molecule has 1 aromatic rings. The van der Waals surface area contributed by atoms with Crippen LogP contribution in [0.3, 0.4) is 0 Å². The molecule has 21 heavy (non-hydrogen) atoms. The van der Waals surface area contributed by atoms with Crippen molar-refractivity contribution in [1.29, 1.82) is 0 Å². The van der Waals surface area contributed by atoms with Crippen molar-refractivity contribution >= 4 is 21.9 Å². The summed E-state index contributed by atoms with van der Waals surface area (Å²) in [6.07, 6.45) is 8.98. The second-order valence-corrected chi connectivity index (χ2v) is 7.15. The molecule has 1 rings (SSSR count). The van der Waals surface area contributed by atoms with Crippen molar-refractivity contribution in [2.45, 2.75) is 69.7 Å². The molecular weight excluding hydrogens is 328 g/mol. The Kier molecular flexibility index (Phi) is 10.2. The number of alkyl halides is 1. The predicted octanol–water partition coefficient (Wildman–Crippen LogP) is 5.63. The van der Waals surface area contributed by atoms with Crippen molar-refractivity contribution in [3.8, 4) is 0 Å². The van der Waals surface area contributed by atoms with Crippen LogP contribution in [0.25, 0.3) is 0 Å². The third-order valence-corrected chi connectivity index (χ3v) is 3.93. The number of esters is 1.